The Hall–Kier alpha value is -2.57. The summed E-state index contributed by atoms with van der Waals surface area (Å²) in [5.74, 6) is 1.50. The second-order valence-corrected chi connectivity index (χ2v) is 8.89. The van der Waals surface area contributed by atoms with Gasteiger partial charge in [-0.05, 0) is 55.7 Å². The van der Waals surface area contributed by atoms with E-state index in [0.717, 1.165) is 37.0 Å². The first kappa shape index (κ1) is 21.7. The number of hydrogen-bond acceptors (Lipinski definition) is 5. The zero-order valence-electron chi connectivity index (χ0n) is 17.6. The number of fused-ring (bicyclic) bond motifs is 1. The predicted octanol–water partition coefficient (Wildman–Crippen LogP) is 5.78. The number of hydrogen-bond donors (Lipinski definition) is 0. The van der Waals surface area contributed by atoms with E-state index < -0.39 is 0 Å². The maximum atomic E-state index is 12.7. The first-order valence-electron chi connectivity index (χ1n) is 10.4. The van der Waals surface area contributed by atoms with Gasteiger partial charge in [-0.3, -0.25) is 4.79 Å². The first-order chi connectivity index (χ1) is 15.1. The van der Waals surface area contributed by atoms with Crippen LogP contribution in [0.15, 0.2) is 42.5 Å². The number of carbonyl (C=O) groups is 1. The van der Waals surface area contributed by atoms with Crippen molar-refractivity contribution in [2.24, 2.45) is 0 Å². The summed E-state index contributed by atoms with van der Waals surface area (Å²) in [7, 11) is 1.56. The lowest BCUT2D eigenvalue weighted by molar-refractivity contribution is -0.126. The van der Waals surface area contributed by atoms with Crippen molar-refractivity contribution in [3.63, 3.8) is 0 Å². The Morgan fingerprint density at radius 1 is 1.29 bits per heavy atom. The van der Waals surface area contributed by atoms with Crippen molar-refractivity contribution in [3.05, 3.63) is 58.1 Å². The molecule has 1 aliphatic rings. The highest BCUT2D eigenvalue weighted by molar-refractivity contribution is 7.18. The fourth-order valence-electron chi connectivity index (χ4n) is 3.83. The molecule has 0 radical (unpaired) electrons. The third kappa shape index (κ3) is 4.86. The zero-order chi connectivity index (χ0) is 21.8. The molecule has 0 unspecified atom stereocenters. The van der Waals surface area contributed by atoms with E-state index in [9.17, 15) is 4.79 Å². The van der Waals surface area contributed by atoms with Crippen LogP contribution in [0.25, 0.3) is 16.3 Å². The first-order valence-corrected chi connectivity index (χ1v) is 11.6. The number of piperidine rings is 1. The molecule has 0 bridgehead atoms. The minimum absolute atomic E-state index is 0.00708. The summed E-state index contributed by atoms with van der Waals surface area (Å²) in [5.41, 5.74) is 1.86. The van der Waals surface area contributed by atoms with Gasteiger partial charge in [-0.25, -0.2) is 4.98 Å². The van der Waals surface area contributed by atoms with Crippen LogP contribution in [0.4, 0.5) is 0 Å². The predicted molar refractivity (Wildman–Crippen MR) is 126 cm³/mol. The molecule has 0 saturated carbocycles. The van der Waals surface area contributed by atoms with Gasteiger partial charge in [0, 0.05) is 25.1 Å². The molecule has 1 aromatic heterocycles. The number of ether oxygens (including phenoxy) is 2. The summed E-state index contributed by atoms with van der Waals surface area (Å²) in [6, 6.07) is 11.8. The molecule has 1 aliphatic heterocycles. The Kier molecular flexibility index (Phi) is 6.78. The van der Waals surface area contributed by atoms with Gasteiger partial charge >= 0.3 is 0 Å². The SMILES string of the molecule is CCOc1cc(/C=C/C(=O)N2CCC(c3nc4ccccc4s3)CC2)cc(Cl)c1OC. The Labute approximate surface area is 191 Å². The van der Waals surface area contributed by atoms with Crippen LogP contribution in [0, 0.1) is 0 Å². The minimum atomic E-state index is 0.00708. The lowest BCUT2D eigenvalue weighted by Gasteiger charge is -2.30. The fraction of sp³-hybridized carbons (Fsp3) is 0.333. The van der Waals surface area contributed by atoms with Crippen molar-refractivity contribution in [2.75, 3.05) is 26.8 Å². The molecule has 3 aromatic rings. The number of nitrogens with zero attached hydrogens (tertiary/aromatic N) is 2. The van der Waals surface area contributed by atoms with E-state index in [1.165, 1.54) is 9.71 Å². The standard InChI is InChI=1S/C24H25ClN2O3S/c1-3-30-20-15-16(14-18(25)23(20)29-2)8-9-22(28)27-12-10-17(11-13-27)24-26-19-6-4-5-7-21(19)31-24/h4-9,14-15,17H,3,10-13H2,1-2H3/b9-8+. The number of methoxy groups -OCH3 is 1. The Morgan fingerprint density at radius 3 is 2.77 bits per heavy atom. The molecule has 31 heavy (non-hydrogen) atoms. The molecular weight excluding hydrogens is 432 g/mol. The molecule has 2 aromatic carbocycles. The van der Waals surface area contributed by atoms with E-state index in [1.807, 2.05) is 30.0 Å². The number of likely N-dealkylation sites (tertiary alicyclic amines) is 1. The van der Waals surface area contributed by atoms with Crippen LogP contribution in [0.5, 0.6) is 11.5 Å². The number of amides is 1. The summed E-state index contributed by atoms with van der Waals surface area (Å²) in [6.45, 7) is 3.87. The van der Waals surface area contributed by atoms with E-state index in [1.54, 1.807) is 36.7 Å². The molecule has 1 amide bonds. The molecule has 4 rings (SSSR count). The number of aromatic nitrogens is 1. The molecule has 0 atom stereocenters. The number of benzene rings is 2. The van der Waals surface area contributed by atoms with Crippen molar-refractivity contribution in [2.45, 2.75) is 25.7 Å². The summed E-state index contributed by atoms with van der Waals surface area (Å²) in [5, 5.41) is 1.64. The third-order valence-electron chi connectivity index (χ3n) is 5.42. The maximum absolute atomic E-state index is 12.7. The van der Waals surface area contributed by atoms with E-state index in [2.05, 4.69) is 12.1 Å². The van der Waals surface area contributed by atoms with Gasteiger partial charge in [0.15, 0.2) is 11.5 Å². The molecule has 162 valence electrons. The van der Waals surface area contributed by atoms with Crippen LogP contribution in [0.3, 0.4) is 0 Å². The van der Waals surface area contributed by atoms with E-state index in [0.29, 0.717) is 29.0 Å². The number of rotatable bonds is 6. The van der Waals surface area contributed by atoms with Crippen molar-refractivity contribution in [3.8, 4) is 11.5 Å². The normalized spacial score (nSPS) is 15.0. The van der Waals surface area contributed by atoms with Crippen LogP contribution < -0.4 is 9.47 Å². The van der Waals surface area contributed by atoms with Crippen LogP contribution in [-0.2, 0) is 4.79 Å². The van der Waals surface area contributed by atoms with Crippen molar-refractivity contribution in [1.82, 2.24) is 9.88 Å². The molecule has 5 nitrogen and oxygen atoms in total. The van der Waals surface area contributed by atoms with Gasteiger partial charge in [0.25, 0.3) is 0 Å². The monoisotopic (exact) mass is 456 g/mol. The van der Waals surface area contributed by atoms with Crippen molar-refractivity contribution in [1.29, 1.82) is 0 Å². The zero-order valence-corrected chi connectivity index (χ0v) is 19.2. The summed E-state index contributed by atoms with van der Waals surface area (Å²) in [6.07, 6.45) is 5.24. The molecule has 1 fully saturated rings. The second kappa shape index (κ2) is 9.71. The molecule has 1 saturated heterocycles. The van der Waals surface area contributed by atoms with E-state index in [-0.39, 0.29) is 5.91 Å². The van der Waals surface area contributed by atoms with Gasteiger partial charge < -0.3 is 14.4 Å². The highest BCUT2D eigenvalue weighted by Crippen LogP contribution is 2.37. The van der Waals surface area contributed by atoms with Gasteiger partial charge in [-0.15, -0.1) is 11.3 Å². The van der Waals surface area contributed by atoms with Crippen molar-refractivity contribution < 1.29 is 14.3 Å². The number of para-hydroxylation sites is 1. The fourth-order valence-corrected chi connectivity index (χ4v) is 5.26. The maximum Gasteiger partial charge on any atom is 0.246 e. The van der Waals surface area contributed by atoms with E-state index in [4.69, 9.17) is 26.1 Å². The number of halogens is 1. The molecule has 0 aliphatic carbocycles. The topological polar surface area (TPSA) is 51.7 Å². The Balaban J connectivity index is 1.39. The second-order valence-electron chi connectivity index (χ2n) is 7.42. The van der Waals surface area contributed by atoms with Gasteiger partial charge in [0.2, 0.25) is 5.91 Å². The molecule has 0 N–H and O–H groups in total. The van der Waals surface area contributed by atoms with Crippen LogP contribution >= 0.6 is 22.9 Å². The lowest BCUT2D eigenvalue weighted by atomic mass is 9.97. The highest BCUT2D eigenvalue weighted by Gasteiger charge is 2.25. The summed E-state index contributed by atoms with van der Waals surface area (Å²) >= 11 is 8.07. The smallest absolute Gasteiger partial charge is 0.246 e. The lowest BCUT2D eigenvalue weighted by Crippen LogP contribution is -2.36. The average molecular weight is 457 g/mol. The van der Waals surface area contributed by atoms with Gasteiger partial charge in [0.05, 0.1) is 34.0 Å². The largest absolute Gasteiger partial charge is 0.491 e. The van der Waals surface area contributed by atoms with Crippen LogP contribution in [-0.4, -0.2) is 42.6 Å². The van der Waals surface area contributed by atoms with E-state index >= 15 is 0 Å². The number of thiazole rings is 1. The molecule has 7 heteroatoms. The average Bonchev–Trinajstić information content (AvgIpc) is 3.22. The van der Waals surface area contributed by atoms with Crippen molar-refractivity contribution >= 4 is 45.1 Å². The minimum Gasteiger partial charge on any atom is -0.491 e. The number of carbonyl (C=O) groups excluding carboxylic acids is 1. The third-order valence-corrected chi connectivity index (χ3v) is 6.90. The van der Waals surface area contributed by atoms with Crippen LogP contribution in [0.1, 0.15) is 36.3 Å². The Bertz CT molecular complexity index is 1070. The Morgan fingerprint density at radius 2 is 2.06 bits per heavy atom. The molecule has 2 heterocycles. The van der Waals surface area contributed by atoms with Gasteiger partial charge in [0.1, 0.15) is 0 Å². The summed E-state index contributed by atoms with van der Waals surface area (Å²) < 4.78 is 12.1. The quantitative estimate of drug-likeness (QED) is 0.441. The molecular formula is C24H25ClN2O3S. The highest BCUT2D eigenvalue weighted by atomic mass is 35.5. The molecule has 0 spiro atoms. The van der Waals surface area contributed by atoms with Gasteiger partial charge in [-0.1, -0.05) is 23.7 Å². The van der Waals surface area contributed by atoms with Gasteiger partial charge in [-0.2, -0.15) is 0 Å². The summed E-state index contributed by atoms with van der Waals surface area (Å²) in [4.78, 5) is 19.4. The van der Waals surface area contributed by atoms with Crippen LogP contribution in [0.2, 0.25) is 5.02 Å².